The number of nitrogens with one attached hydrogen (secondary N) is 1. The predicted molar refractivity (Wildman–Crippen MR) is 73.1 cm³/mol. The molecule has 1 fully saturated rings. The van der Waals surface area contributed by atoms with E-state index in [1.54, 1.807) is 0 Å². The van der Waals surface area contributed by atoms with Crippen molar-refractivity contribution in [1.82, 2.24) is 5.32 Å². The molecule has 3 N–H and O–H groups in total. The second-order valence-corrected chi connectivity index (χ2v) is 5.19. The molecule has 0 aromatic rings. The van der Waals surface area contributed by atoms with Crippen LogP contribution < -0.4 is 11.1 Å². The van der Waals surface area contributed by atoms with Crippen molar-refractivity contribution in [1.29, 1.82) is 0 Å². The fraction of sp³-hybridized carbons (Fsp3) is 1.00. The Morgan fingerprint density at radius 3 is 2.88 bits per heavy atom. The molecule has 1 rings (SSSR count). The van der Waals surface area contributed by atoms with E-state index in [4.69, 9.17) is 10.5 Å². The van der Waals surface area contributed by atoms with E-state index < -0.39 is 0 Å². The van der Waals surface area contributed by atoms with Gasteiger partial charge < -0.3 is 15.8 Å². The first-order valence-corrected chi connectivity index (χ1v) is 7.39. The lowest BCUT2D eigenvalue weighted by atomic mass is 9.97. The van der Waals surface area contributed by atoms with Gasteiger partial charge >= 0.3 is 0 Å². The predicted octanol–water partition coefficient (Wildman–Crippen LogP) is 2.30. The standard InChI is InChI=1S/C14H30N2O/c1-2-13(8-9-15)6-5-10-16-12-14-7-3-4-11-17-14/h13-14,16H,2-12,15H2,1H3. The van der Waals surface area contributed by atoms with Crippen molar-refractivity contribution >= 4 is 0 Å². The topological polar surface area (TPSA) is 47.3 Å². The first-order chi connectivity index (χ1) is 8.36. The van der Waals surface area contributed by atoms with Crippen molar-refractivity contribution in [3.63, 3.8) is 0 Å². The summed E-state index contributed by atoms with van der Waals surface area (Å²) < 4.78 is 5.69. The summed E-state index contributed by atoms with van der Waals surface area (Å²) >= 11 is 0. The second-order valence-electron chi connectivity index (χ2n) is 5.19. The number of hydrogen-bond donors (Lipinski definition) is 2. The number of hydrogen-bond acceptors (Lipinski definition) is 3. The number of ether oxygens (including phenoxy) is 1. The second kappa shape index (κ2) is 9.86. The molecular weight excluding hydrogens is 212 g/mol. The zero-order valence-corrected chi connectivity index (χ0v) is 11.4. The average molecular weight is 242 g/mol. The molecule has 1 aliphatic heterocycles. The van der Waals surface area contributed by atoms with Gasteiger partial charge in [0.25, 0.3) is 0 Å². The van der Waals surface area contributed by atoms with Crippen LogP contribution in [-0.2, 0) is 4.74 Å². The van der Waals surface area contributed by atoms with Gasteiger partial charge in [-0.1, -0.05) is 13.3 Å². The summed E-state index contributed by atoms with van der Waals surface area (Å²) in [5.41, 5.74) is 5.60. The Labute approximate surface area is 106 Å². The maximum Gasteiger partial charge on any atom is 0.0699 e. The third-order valence-corrected chi connectivity index (χ3v) is 3.76. The summed E-state index contributed by atoms with van der Waals surface area (Å²) in [7, 11) is 0. The minimum atomic E-state index is 0.467. The van der Waals surface area contributed by atoms with E-state index in [1.165, 1.54) is 44.9 Å². The molecule has 0 bridgehead atoms. The quantitative estimate of drug-likeness (QED) is 0.610. The van der Waals surface area contributed by atoms with Crippen LogP contribution in [-0.4, -0.2) is 32.3 Å². The summed E-state index contributed by atoms with van der Waals surface area (Å²) in [6.45, 7) is 6.22. The Hall–Kier alpha value is -0.120. The fourth-order valence-corrected chi connectivity index (χ4v) is 2.54. The van der Waals surface area contributed by atoms with Gasteiger partial charge in [0.2, 0.25) is 0 Å². The lowest BCUT2D eigenvalue weighted by Gasteiger charge is -2.23. The molecule has 0 radical (unpaired) electrons. The summed E-state index contributed by atoms with van der Waals surface area (Å²) in [6, 6.07) is 0. The van der Waals surface area contributed by atoms with Crippen molar-refractivity contribution in [2.75, 3.05) is 26.2 Å². The SMILES string of the molecule is CCC(CCN)CCCNCC1CCCCO1. The molecule has 3 heteroatoms. The lowest BCUT2D eigenvalue weighted by molar-refractivity contribution is 0.0170. The minimum Gasteiger partial charge on any atom is -0.377 e. The Kier molecular flexibility index (Phi) is 8.67. The van der Waals surface area contributed by atoms with Crippen molar-refractivity contribution in [2.24, 2.45) is 11.7 Å². The van der Waals surface area contributed by atoms with Crippen LogP contribution in [0.1, 0.15) is 51.9 Å². The third kappa shape index (κ3) is 7.02. The highest BCUT2D eigenvalue weighted by molar-refractivity contribution is 4.67. The van der Waals surface area contributed by atoms with E-state index in [9.17, 15) is 0 Å². The first-order valence-electron chi connectivity index (χ1n) is 7.39. The van der Waals surface area contributed by atoms with E-state index in [2.05, 4.69) is 12.2 Å². The molecule has 0 spiro atoms. The zero-order valence-electron chi connectivity index (χ0n) is 11.4. The molecule has 0 amide bonds. The molecule has 102 valence electrons. The van der Waals surface area contributed by atoms with Crippen molar-refractivity contribution in [3.05, 3.63) is 0 Å². The van der Waals surface area contributed by atoms with Crippen LogP contribution in [0.2, 0.25) is 0 Å². The van der Waals surface area contributed by atoms with E-state index >= 15 is 0 Å². The molecule has 1 heterocycles. The highest BCUT2D eigenvalue weighted by Gasteiger charge is 2.12. The Morgan fingerprint density at radius 2 is 2.24 bits per heavy atom. The molecule has 0 saturated carbocycles. The summed E-state index contributed by atoms with van der Waals surface area (Å²) in [5.74, 6) is 0.827. The van der Waals surface area contributed by atoms with Crippen molar-refractivity contribution in [3.8, 4) is 0 Å². The summed E-state index contributed by atoms with van der Waals surface area (Å²) in [6.07, 6.45) is 9.31. The van der Waals surface area contributed by atoms with E-state index in [0.717, 1.165) is 32.2 Å². The van der Waals surface area contributed by atoms with Crippen LogP contribution in [0.15, 0.2) is 0 Å². The number of nitrogens with two attached hydrogens (primary N) is 1. The average Bonchev–Trinajstić information content (AvgIpc) is 2.38. The van der Waals surface area contributed by atoms with Gasteiger partial charge in [0.15, 0.2) is 0 Å². The minimum absolute atomic E-state index is 0.467. The van der Waals surface area contributed by atoms with Gasteiger partial charge in [-0.05, 0) is 57.5 Å². The Morgan fingerprint density at radius 1 is 1.35 bits per heavy atom. The van der Waals surface area contributed by atoms with Crippen molar-refractivity contribution < 1.29 is 4.74 Å². The van der Waals surface area contributed by atoms with Gasteiger partial charge in [-0.3, -0.25) is 0 Å². The number of rotatable bonds is 9. The van der Waals surface area contributed by atoms with Crippen molar-refractivity contribution in [2.45, 2.75) is 58.0 Å². The molecule has 2 unspecified atom stereocenters. The Bertz CT molecular complexity index is 163. The van der Waals surface area contributed by atoms with E-state index in [-0.39, 0.29) is 0 Å². The maximum atomic E-state index is 5.69. The molecular formula is C14H30N2O. The van der Waals surface area contributed by atoms with Gasteiger partial charge in [-0.25, -0.2) is 0 Å². The Balaban J connectivity index is 1.92. The monoisotopic (exact) mass is 242 g/mol. The van der Waals surface area contributed by atoms with Crippen LogP contribution in [0.4, 0.5) is 0 Å². The molecule has 0 aromatic heterocycles. The molecule has 1 saturated heterocycles. The van der Waals surface area contributed by atoms with E-state index in [1.807, 2.05) is 0 Å². The molecule has 0 aliphatic carbocycles. The van der Waals surface area contributed by atoms with Crippen LogP contribution in [0.25, 0.3) is 0 Å². The van der Waals surface area contributed by atoms with Gasteiger partial charge in [0.1, 0.15) is 0 Å². The summed E-state index contributed by atoms with van der Waals surface area (Å²) in [4.78, 5) is 0. The molecule has 0 aromatic carbocycles. The smallest absolute Gasteiger partial charge is 0.0699 e. The van der Waals surface area contributed by atoms with Gasteiger partial charge in [-0.2, -0.15) is 0 Å². The van der Waals surface area contributed by atoms with Gasteiger partial charge in [0.05, 0.1) is 6.10 Å². The largest absolute Gasteiger partial charge is 0.377 e. The van der Waals surface area contributed by atoms with Crippen LogP contribution >= 0.6 is 0 Å². The highest BCUT2D eigenvalue weighted by atomic mass is 16.5. The van der Waals surface area contributed by atoms with Crippen LogP contribution in [0.5, 0.6) is 0 Å². The third-order valence-electron chi connectivity index (χ3n) is 3.76. The molecule has 3 nitrogen and oxygen atoms in total. The summed E-state index contributed by atoms with van der Waals surface area (Å²) in [5, 5.41) is 3.52. The molecule has 1 aliphatic rings. The van der Waals surface area contributed by atoms with Gasteiger partial charge in [0, 0.05) is 13.2 Å². The maximum absolute atomic E-state index is 5.69. The molecule has 2 atom stereocenters. The normalized spacial score (nSPS) is 22.6. The van der Waals surface area contributed by atoms with Crippen LogP contribution in [0.3, 0.4) is 0 Å². The fourth-order valence-electron chi connectivity index (χ4n) is 2.54. The molecule has 17 heavy (non-hydrogen) atoms. The highest BCUT2D eigenvalue weighted by Crippen LogP contribution is 2.14. The van der Waals surface area contributed by atoms with Crippen LogP contribution in [0, 0.1) is 5.92 Å². The zero-order chi connectivity index (χ0) is 12.3. The lowest BCUT2D eigenvalue weighted by Crippen LogP contribution is -2.32. The van der Waals surface area contributed by atoms with E-state index in [0.29, 0.717) is 6.10 Å². The van der Waals surface area contributed by atoms with Gasteiger partial charge in [-0.15, -0.1) is 0 Å². The first kappa shape index (κ1) is 14.9.